The lowest BCUT2D eigenvalue weighted by molar-refractivity contribution is -0.385. The van der Waals surface area contributed by atoms with Crippen molar-refractivity contribution in [1.82, 2.24) is 0 Å². The van der Waals surface area contributed by atoms with Crippen LogP contribution < -0.4 is 10.1 Å². The molecule has 0 aromatic heterocycles. The van der Waals surface area contributed by atoms with Gasteiger partial charge in [0, 0.05) is 11.1 Å². The van der Waals surface area contributed by atoms with Crippen LogP contribution in [0.25, 0.3) is 0 Å². The maximum absolute atomic E-state index is 12.3. The number of aryl methyl sites for hydroxylation is 1. The fourth-order valence-corrected chi connectivity index (χ4v) is 2.43. The minimum absolute atomic E-state index is 0.107. The first-order chi connectivity index (χ1) is 12.7. The van der Waals surface area contributed by atoms with Crippen molar-refractivity contribution < 1.29 is 24.0 Å². The molecule has 0 fully saturated rings. The van der Waals surface area contributed by atoms with Gasteiger partial charge in [-0.1, -0.05) is 17.7 Å². The number of benzene rings is 2. The predicted molar refractivity (Wildman–Crippen MR) is 99.3 cm³/mol. The van der Waals surface area contributed by atoms with Gasteiger partial charge in [-0.3, -0.25) is 14.9 Å². The van der Waals surface area contributed by atoms with E-state index in [9.17, 15) is 19.7 Å². The quantitative estimate of drug-likeness (QED) is 0.455. The topological polar surface area (TPSA) is 108 Å². The lowest BCUT2D eigenvalue weighted by Crippen LogP contribution is -2.30. The summed E-state index contributed by atoms with van der Waals surface area (Å²) in [5.74, 6) is -1.16. The lowest BCUT2D eigenvalue weighted by atomic mass is 10.2. The number of hydrogen-bond acceptors (Lipinski definition) is 6. The van der Waals surface area contributed by atoms with Gasteiger partial charge in [-0.15, -0.1) is 0 Å². The third kappa shape index (κ3) is 4.95. The number of nitrogens with zero attached hydrogens (tertiary/aromatic N) is 1. The summed E-state index contributed by atoms with van der Waals surface area (Å²) in [4.78, 5) is 34.9. The van der Waals surface area contributed by atoms with Crippen LogP contribution in [0, 0.1) is 17.0 Å². The Kier molecular flexibility index (Phi) is 6.36. The summed E-state index contributed by atoms with van der Waals surface area (Å²) in [6.45, 7) is 3.20. The molecule has 2 rings (SSSR count). The molecule has 1 amide bonds. The van der Waals surface area contributed by atoms with E-state index < -0.39 is 28.6 Å². The van der Waals surface area contributed by atoms with Crippen molar-refractivity contribution >= 4 is 34.9 Å². The molecule has 0 aliphatic carbocycles. The van der Waals surface area contributed by atoms with Crippen LogP contribution in [0.4, 0.5) is 11.4 Å². The van der Waals surface area contributed by atoms with Gasteiger partial charge < -0.3 is 14.8 Å². The summed E-state index contributed by atoms with van der Waals surface area (Å²) in [5.41, 5.74) is 0.521. The highest BCUT2D eigenvalue weighted by Gasteiger charge is 2.26. The molecule has 0 heterocycles. The zero-order valence-electron chi connectivity index (χ0n) is 14.8. The summed E-state index contributed by atoms with van der Waals surface area (Å²) in [5, 5.41) is 13.8. The molecule has 0 radical (unpaired) electrons. The first kappa shape index (κ1) is 20.2. The van der Waals surface area contributed by atoms with E-state index >= 15 is 0 Å². The number of nitro benzene ring substituents is 1. The van der Waals surface area contributed by atoms with Gasteiger partial charge in [-0.05, 0) is 43.7 Å². The van der Waals surface area contributed by atoms with Crippen molar-refractivity contribution in [3.8, 4) is 5.75 Å². The van der Waals surface area contributed by atoms with Crippen LogP contribution in [0.3, 0.4) is 0 Å². The van der Waals surface area contributed by atoms with E-state index in [0.717, 1.165) is 11.6 Å². The summed E-state index contributed by atoms with van der Waals surface area (Å²) >= 11 is 5.72. The minimum atomic E-state index is -1.20. The van der Waals surface area contributed by atoms with E-state index in [4.69, 9.17) is 21.1 Å². The minimum Gasteiger partial charge on any atom is -0.495 e. The van der Waals surface area contributed by atoms with Crippen LogP contribution in [0.2, 0.25) is 5.02 Å². The van der Waals surface area contributed by atoms with Gasteiger partial charge in [0.1, 0.15) is 11.3 Å². The molecule has 0 bridgehead atoms. The zero-order valence-corrected chi connectivity index (χ0v) is 15.6. The summed E-state index contributed by atoms with van der Waals surface area (Å²) in [6.07, 6.45) is -1.20. The number of nitro groups is 1. The number of amides is 1. The Hall–Kier alpha value is -3.13. The van der Waals surface area contributed by atoms with Gasteiger partial charge in [0.15, 0.2) is 6.10 Å². The number of anilines is 1. The maximum Gasteiger partial charge on any atom is 0.345 e. The Morgan fingerprint density at radius 1 is 1.22 bits per heavy atom. The van der Waals surface area contributed by atoms with Crippen molar-refractivity contribution in [3.63, 3.8) is 0 Å². The normalized spacial score (nSPS) is 11.4. The number of ether oxygens (including phenoxy) is 2. The van der Waals surface area contributed by atoms with E-state index in [0.29, 0.717) is 11.4 Å². The van der Waals surface area contributed by atoms with E-state index in [1.54, 1.807) is 12.1 Å². The molecule has 0 aliphatic rings. The Balaban J connectivity index is 2.14. The number of nitrogens with one attached hydrogen (secondary N) is 1. The molecule has 2 aromatic carbocycles. The average Bonchev–Trinajstić information content (AvgIpc) is 2.61. The van der Waals surface area contributed by atoms with Gasteiger partial charge in [0.05, 0.1) is 17.7 Å². The third-order valence-corrected chi connectivity index (χ3v) is 3.88. The Morgan fingerprint density at radius 3 is 2.56 bits per heavy atom. The van der Waals surface area contributed by atoms with Gasteiger partial charge in [0.25, 0.3) is 11.6 Å². The lowest BCUT2D eigenvalue weighted by Gasteiger charge is -2.15. The van der Waals surface area contributed by atoms with Gasteiger partial charge in [-0.2, -0.15) is 0 Å². The third-order valence-electron chi connectivity index (χ3n) is 3.64. The molecule has 0 saturated carbocycles. The molecule has 1 atom stereocenters. The molecule has 142 valence electrons. The highest BCUT2D eigenvalue weighted by molar-refractivity contribution is 6.31. The highest BCUT2D eigenvalue weighted by atomic mass is 35.5. The zero-order chi connectivity index (χ0) is 20.1. The van der Waals surface area contributed by atoms with Gasteiger partial charge >= 0.3 is 5.97 Å². The first-order valence-electron chi connectivity index (χ1n) is 7.83. The number of methoxy groups -OCH3 is 1. The maximum atomic E-state index is 12.3. The summed E-state index contributed by atoms with van der Waals surface area (Å²) < 4.78 is 10.2. The van der Waals surface area contributed by atoms with Crippen LogP contribution >= 0.6 is 11.6 Å². The summed E-state index contributed by atoms with van der Waals surface area (Å²) in [7, 11) is 1.46. The summed E-state index contributed by atoms with van der Waals surface area (Å²) in [6, 6.07) is 8.76. The van der Waals surface area contributed by atoms with Crippen LogP contribution in [-0.2, 0) is 9.53 Å². The second-order valence-corrected chi connectivity index (χ2v) is 6.10. The molecule has 1 unspecified atom stereocenters. The molecule has 2 aromatic rings. The number of carbonyl (C=O) groups is 2. The van der Waals surface area contributed by atoms with Crippen molar-refractivity contribution in [2.24, 2.45) is 0 Å². The molecule has 0 saturated heterocycles. The van der Waals surface area contributed by atoms with Crippen LogP contribution in [0.15, 0.2) is 36.4 Å². The molecule has 27 heavy (non-hydrogen) atoms. The molecule has 8 nitrogen and oxygen atoms in total. The Morgan fingerprint density at radius 2 is 1.93 bits per heavy atom. The Bertz CT molecular complexity index is 899. The van der Waals surface area contributed by atoms with Crippen molar-refractivity contribution in [2.75, 3.05) is 12.4 Å². The van der Waals surface area contributed by atoms with E-state index in [1.165, 1.54) is 26.2 Å². The van der Waals surface area contributed by atoms with Crippen molar-refractivity contribution in [3.05, 3.63) is 62.7 Å². The van der Waals surface area contributed by atoms with Gasteiger partial charge in [-0.25, -0.2) is 4.79 Å². The molecular formula is C18H17ClN2O6. The van der Waals surface area contributed by atoms with Crippen molar-refractivity contribution in [1.29, 1.82) is 0 Å². The SMILES string of the molecule is COc1ccc(C)cc1NC(=O)C(C)OC(=O)c1ccc(Cl)cc1[N+](=O)[O-]. The van der Waals surface area contributed by atoms with Crippen LogP contribution in [0.5, 0.6) is 5.75 Å². The molecule has 1 N–H and O–H groups in total. The first-order valence-corrected chi connectivity index (χ1v) is 8.21. The van der Waals surface area contributed by atoms with Gasteiger partial charge in [0.2, 0.25) is 0 Å². The van der Waals surface area contributed by atoms with E-state index in [1.807, 2.05) is 13.0 Å². The number of halogens is 1. The number of rotatable bonds is 6. The van der Waals surface area contributed by atoms with E-state index in [2.05, 4.69) is 5.32 Å². The Labute approximate surface area is 160 Å². The fraction of sp³-hybridized carbons (Fsp3) is 0.222. The molecular weight excluding hydrogens is 376 g/mol. The van der Waals surface area contributed by atoms with Crippen LogP contribution in [-0.4, -0.2) is 30.0 Å². The van der Waals surface area contributed by atoms with Crippen LogP contribution in [0.1, 0.15) is 22.8 Å². The number of esters is 1. The number of hydrogen-bond donors (Lipinski definition) is 1. The monoisotopic (exact) mass is 392 g/mol. The molecule has 9 heteroatoms. The largest absolute Gasteiger partial charge is 0.495 e. The fourth-order valence-electron chi connectivity index (χ4n) is 2.26. The standard InChI is InChI=1S/C18H17ClN2O6/c1-10-4-7-16(26-3)14(8-10)20-17(22)11(2)27-18(23)13-6-5-12(19)9-15(13)21(24)25/h4-9,11H,1-3H3,(H,20,22). The highest BCUT2D eigenvalue weighted by Crippen LogP contribution is 2.26. The average molecular weight is 393 g/mol. The van der Waals surface area contributed by atoms with Crippen molar-refractivity contribution in [2.45, 2.75) is 20.0 Å². The van der Waals surface area contributed by atoms with E-state index in [-0.39, 0.29) is 10.6 Å². The number of carbonyl (C=O) groups excluding carboxylic acids is 2. The predicted octanol–water partition coefficient (Wildman–Crippen LogP) is 3.75. The molecule has 0 spiro atoms. The molecule has 0 aliphatic heterocycles. The smallest absolute Gasteiger partial charge is 0.345 e. The second-order valence-electron chi connectivity index (χ2n) is 5.66. The second kappa shape index (κ2) is 8.50.